The van der Waals surface area contributed by atoms with Crippen molar-refractivity contribution in [2.24, 2.45) is 17.7 Å². The monoisotopic (exact) mass is 290 g/mol. The fourth-order valence-electron chi connectivity index (χ4n) is 3.71. The molecule has 3 N–H and O–H groups in total. The van der Waals surface area contributed by atoms with Gasteiger partial charge in [0.25, 0.3) is 0 Å². The number of nitrogens with one attached hydrogen (secondary N) is 1. The number of hydrogen-bond acceptors (Lipinski definition) is 3. The molecule has 0 saturated heterocycles. The summed E-state index contributed by atoms with van der Waals surface area (Å²) in [5.74, 6) is 8.35. The summed E-state index contributed by atoms with van der Waals surface area (Å²) in [7, 11) is 1.73. The lowest BCUT2D eigenvalue weighted by molar-refractivity contribution is 0.211. The molecule has 0 heterocycles. The van der Waals surface area contributed by atoms with E-state index in [-0.39, 0.29) is 6.04 Å². The van der Waals surface area contributed by atoms with Crippen molar-refractivity contribution in [1.82, 2.24) is 5.43 Å². The second-order valence-electron chi connectivity index (χ2n) is 6.31. The van der Waals surface area contributed by atoms with Crippen molar-refractivity contribution in [2.45, 2.75) is 57.9 Å². The summed E-state index contributed by atoms with van der Waals surface area (Å²) >= 11 is 0. The molecule has 0 radical (unpaired) electrons. The first-order valence-electron chi connectivity index (χ1n) is 8.39. The highest BCUT2D eigenvalue weighted by Crippen LogP contribution is 2.40. The van der Waals surface area contributed by atoms with Crippen molar-refractivity contribution >= 4 is 0 Å². The minimum atomic E-state index is 0.202. The van der Waals surface area contributed by atoms with E-state index >= 15 is 0 Å². The van der Waals surface area contributed by atoms with E-state index in [2.05, 4.69) is 24.5 Å². The summed E-state index contributed by atoms with van der Waals surface area (Å²) in [4.78, 5) is 0. The maximum absolute atomic E-state index is 5.87. The van der Waals surface area contributed by atoms with Crippen molar-refractivity contribution in [1.29, 1.82) is 0 Å². The van der Waals surface area contributed by atoms with Crippen molar-refractivity contribution in [3.05, 3.63) is 29.8 Å². The van der Waals surface area contributed by atoms with Gasteiger partial charge < -0.3 is 4.74 Å². The van der Waals surface area contributed by atoms with Gasteiger partial charge in [-0.3, -0.25) is 11.3 Å². The molecule has 2 rings (SSSR count). The topological polar surface area (TPSA) is 47.3 Å². The van der Waals surface area contributed by atoms with Crippen LogP contribution in [0.2, 0.25) is 0 Å². The molecule has 1 aromatic carbocycles. The average Bonchev–Trinajstić information content (AvgIpc) is 2.55. The van der Waals surface area contributed by atoms with Crippen LogP contribution in [0.4, 0.5) is 0 Å². The molecule has 1 fully saturated rings. The van der Waals surface area contributed by atoms with E-state index < -0.39 is 0 Å². The van der Waals surface area contributed by atoms with Crippen LogP contribution in [0.3, 0.4) is 0 Å². The summed E-state index contributed by atoms with van der Waals surface area (Å²) in [6, 6.07) is 8.43. The van der Waals surface area contributed by atoms with E-state index in [1.807, 2.05) is 12.1 Å². The van der Waals surface area contributed by atoms with Crippen molar-refractivity contribution < 1.29 is 4.74 Å². The van der Waals surface area contributed by atoms with Crippen LogP contribution < -0.4 is 16.0 Å². The molecule has 0 spiro atoms. The summed E-state index contributed by atoms with van der Waals surface area (Å²) < 4.78 is 5.50. The fourth-order valence-corrected chi connectivity index (χ4v) is 3.71. The predicted molar refractivity (Wildman–Crippen MR) is 88.0 cm³/mol. The first kappa shape index (κ1) is 16.3. The molecule has 0 aromatic heterocycles. The highest BCUT2D eigenvalue weighted by Gasteiger charge is 2.29. The molecule has 0 amide bonds. The Morgan fingerprint density at radius 3 is 2.57 bits per heavy atom. The van der Waals surface area contributed by atoms with E-state index in [0.717, 1.165) is 11.7 Å². The largest absolute Gasteiger partial charge is 0.496 e. The van der Waals surface area contributed by atoms with Gasteiger partial charge in [0.2, 0.25) is 0 Å². The number of nitrogens with two attached hydrogens (primary N) is 1. The van der Waals surface area contributed by atoms with Crippen LogP contribution in [-0.4, -0.2) is 7.11 Å². The molecule has 1 aromatic rings. The van der Waals surface area contributed by atoms with Crippen molar-refractivity contribution in [2.75, 3.05) is 7.11 Å². The van der Waals surface area contributed by atoms with Crippen LogP contribution in [0.25, 0.3) is 0 Å². The van der Waals surface area contributed by atoms with Gasteiger partial charge in [0.05, 0.1) is 13.2 Å². The zero-order valence-corrected chi connectivity index (χ0v) is 13.5. The zero-order valence-electron chi connectivity index (χ0n) is 13.5. The zero-order chi connectivity index (χ0) is 15.1. The predicted octanol–water partition coefficient (Wildman–Crippen LogP) is 4.20. The molecule has 21 heavy (non-hydrogen) atoms. The van der Waals surface area contributed by atoms with Gasteiger partial charge in [-0.1, -0.05) is 57.2 Å². The van der Waals surface area contributed by atoms with E-state index in [4.69, 9.17) is 10.6 Å². The van der Waals surface area contributed by atoms with E-state index in [9.17, 15) is 0 Å². The van der Waals surface area contributed by atoms with E-state index in [0.29, 0.717) is 5.92 Å². The first-order valence-corrected chi connectivity index (χ1v) is 8.39. The minimum absolute atomic E-state index is 0.202. The van der Waals surface area contributed by atoms with Gasteiger partial charge >= 0.3 is 0 Å². The summed E-state index contributed by atoms with van der Waals surface area (Å²) in [5, 5.41) is 0. The van der Waals surface area contributed by atoms with Gasteiger partial charge in [-0.25, -0.2) is 0 Å². The second-order valence-corrected chi connectivity index (χ2v) is 6.31. The van der Waals surface area contributed by atoms with Crippen molar-refractivity contribution in [3.63, 3.8) is 0 Å². The summed E-state index contributed by atoms with van der Waals surface area (Å²) in [5.41, 5.74) is 4.23. The molecular formula is C18H30N2O. The molecule has 1 aliphatic rings. The number of methoxy groups -OCH3 is 1. The highest BCUT2D eigenvalue weighted by molar-refractivity contribution is 5.36. The third kappa shape index (κ3) is 4.21. The van der Waals surface area contributed by atoms with Gasteiger partial charge in [0, 0.05) is 5.56 Å². The quantitative estimate of drug-likeness (QED) is 0.584. The number of ether oxygens (including phenoxy) is 1. The first-order chi connectivity index (χ1) is 10.3. The molecule has 1 atom stereocenters. The van der Waals surface area contributed by atoms with Gasteiger partial charge in [-0.05, 0) is 30.7 Å². The standard InChI is InChI=1S/C18H30N2O/c1-3-4-7-14-10-12-15(13-11-14)18(20-19)16-8-5-6-9-17(16)21-2/h5-6,8-9,14-15,18,20H,3-4,7,10-13,19H2,1-2H3. The Hall–Kier alpha value is -1.06. The molecule has 1 unspecified atom stereocenters. The number of para-hydroxylation sites is 1. The summed E-state index contributed by atoms with van der Waals surface area (Å²) in [6.07, 6.45) is 9.31. The fraction of sp³-hybridized carbons (Fsp3) is 0.667. The lowest BCUT2D eigenvalue weighted by Crippen LogP contribution is -2.35. The maximum atomic E-state index is 5.87. The van der Waals surface area contributed by atoms with Crippen LogP contribution in [0, 0.1) is 11.8 Å². The van der Waals surface area contributed by atoms with Crippen LogP contribution >= 0.6 is 0 Å². The average molecular weight is 290 g/mol. The smallest absolute Gasteiger partial charge is 0.123 e. The molecule has 118 valence electrons. The molecule has 0 aliphatic heterocycles. The normalized spacial score (nSPS) is 23.8. The minimum Gasteiger partial charge on any atom is -0.496 e. The molecule has 1 aliphatic carbocycles. The molecular weight excluding hydrogens is 260 g/mol. The van der Waals surface area contributed by atoms with E-state index in [1.54, 1.807) is 7.11 Å². The number of benzene rings is 1. The van der Waals surface area contributed by atoms with Gasteiger partial charge in [0.1, 0.15) is 5.75 Å². The Morgan fingerprint density at radius 2 is 1.95 bits per heavy atom. The van der Waals surface area contributed by atoms with Crippen LogP contribution in [0.1, 0.15) is 63.5 Å². The lowest BCUT2D eigenvalue weighted by atomic mass is 9.75. The molecule has 0 bridgehead atoms. The van der Waals surface area contributed by atoms with Crippen LogP contribution in [0.5, 0.6) is 5.75 Å². The lowest BCUT2D eigenvalue weighted by Gasteiger charge is -2.34. The number of unbranched alkanes of at least 4 members (excludes halogenated alkanes) is 1. The Bertz CT molecular complexity index is 413. The molecule has 3 heteroatoms. The Labute approximate surface area is 129 Å². The Morgan fingerprint density at radius 1 is 1.24 bits per heavy atom. The maximum Gasteiger partial charge on any atom is 0.123 e. The Kier molecular flexibility index (Phi) is 6.52. The second kappa shape index (κ2) is 8.40. The number of hydrazine groups is 1. The SMILES string of the molecule is CCCCC1CCC(C(NN)c2ccccc2OC)CC1. The van der Waals surface area contributed by atoms with E-state index in [1.165, 1.54) is 50.5 Å². The summed E-state index contributed by atoms with van der Waals surface area (Å²) in [6.45, 7) is 2.28. The Balaban J connectivity index is 1.99. The molecule has 3 nitrogen and oxygen atoms in total. The van der Waals surface area contributed by atoms with Gasteiger partial charge in [-0.2, -0.15) is 0 Å². The van der Waals surface area contributed by atoms with Gasteiger partial charge in [0.15, 0.2) is 0 Å². The van der Waals surface area contributed by atoms with Crippen LogP contribution in [0.15, 0.2) is 24.3 Å². The third-order valence-electron chi connectivity index (χ3n) is 4.98. The highest BCUT2D eigenvalue weighted by atomic mass is 16.5. The number of hydrogen-bond donors (Lipinski definition) is 2. The molecule has 1 saturated carbocycles. The van der Waals surface area contributed by atoms with Crippen molar-refractivity contribution in [3.8, 4) is 5.75 Å². The third-order valence-corrected chi connectivity index (χ3v) is 4.98. The van der Waals surface area contributed by atoms with Gasteiger partial charge in [-0.15, -0.1) is 0 Å². The number of rotatable bonds is 7. The van der Waals surface area contributed by atoms with Crippen LogP contribution in [-0.2, 0) is 0 Å².